The van der Waals surface area contributed by atoms with Crippen LogP contribution in [0.5, 0.6) is 0 Å². The van der Waals surface area contributed by atoms with Crippen LogP contribution in [0.1, 0.15) is 44.7 Å². The number of benzene rings is 1. The second-order valence-electron chi connectivity index (χ2n) is 5.84. The summed E-state index contributed by atoms with van der Waals surface area (Å²) in [6.45, 7) is 5.80. The van der Waals surface area contributed by atoms with E-state index in [9.17, 15) is 0 Å². The number of thiophene rings is 1. The first-order chi connectivity index (χ1) is 9.74. The summed E-state index contributed by atoms with van der Waals surface area (Å²) in [4.78, 5) is 0. The molecule has 108 valence electrons. The molecule has 1 aliphatic heterocycles. The molecule has 3 rings (SSSR count). The largest absolute Gasteiger partial charge is 0.309 e. The molecular formula is C17H23NS2. The summed E-state index contributed by atoms with van der Waals surface area (Å²) in [5.41, 5.74) is 1.50. The highest BCUT2D eigenvalue weighted by molar-refractivity contribution is 8.00. The number of hydrogen-bond donors (Lipinski definition) is 1. The van der Waals surface area contributed by atoms with Crippen LogP contribution in [0, 0.1) is 0 Å². The van der Waals surface area contributed by atoms with Crippen molar-refractivity contribution in [3.05, 3.63) is 35.2 Å². The third kappa shape index (κ3) is 2.63. The molecular weight excluding hydrogens is 282 g/mol. The van der Waals surface area contributed by atoms with Crippen LogP contribution in [0.3, 0.4) is 0 Å². The van der Waals surface area contributed by atoms with Crippen LogP contribution in [0.15, 0.2) is 29.6 Å². The molecule has 1 N–H and O–H groups in total. The molecule has 1 saturated heterocycles. The molecule has 2 heterocycles. The minimum absolute atomic E-state index is 0.341. The van der Waals surface area contributed by atoms with Crippen LogP contribution in [0.2, 0.25) is 0 Å². The molecule has 0 bridgehead atoms. The highest BCUT2D eigenvalue weighted by atomic mass is 32.2. The van der Waals surface area contributed by atoms with Gasteiger partial charge in [-0.2, -0.15) is 11.8 Å². The maximum Gasteiger partial charge on any atom is 0.0480 e. The van der Waals surface area contributed by atoms with Crippen molar-refractivity contribution >= 4 is 33.2 Å². The fourth-order valence-electron chi connectivity index (χ4n) is 3.22. The van der Waals surface area contributed by atoms with Crippen molar-refractivity contribution in [2.45, 2.75) is 43.9 Å². The average molecular weight is 306 g/mol. The number of hydrogen-bond acceptors (Lipinski definition) is 3. The van der Waals surface area contributed by atoms with E-state index in [4.69, 9.17) is 0 Å². The number of rotatable bonds is 5. The molecule has 1 aliphatic rings. The van der Waals surface area contributed by atoms with E-state index in [1.807, 2.05) is 11.3 Å². The molecule has 1 aromatic heterocycles. The van der Waals surface area contributed by atoms with Crippen LogP contribution in [-0.2, 0) is 0 Å². The highest BCUT2D eigenvalue weighted by Gasteiger charge is 2.39. The van der Waals surface area contributed by atoms with Gasteiger partial charge in [-0.3, -0.25) is 0 Å². The van der Waals surface area contributed by atoms with Gasteiger partial charge in [-0.25, -0.2) is 0 Å². The monoisotopic (exact) mass is 305 g/mol. The second-order valence-corrected chi connectivity index (χ2v) is 8.38. The van der Waals surface area contributed by atoms with E-state index in [0.717, 1.165) is 6.54 Å². The van der Waals surface area contributed by atoms with E-state index < -0.39 is 0 Å². The summed E-state index contributed by atoms with van der Waals surface area (Å²) in [6.07, 6.45) is 3.87. The van der Waals surface area contributed by atoms with Gasteiger partial charge in [-0.15, -0.1) is 11.3 Å². The summed E-state index contributed by atoms with van der Waals surface area (Å²) in [5.74, 6) is 1.31. The molecule has 20 heavy (non-hydrogen) atoms. The quantitative estimate of drug-likeness (QED) is 0.812. The number of fused-ring (bicyclic) bond motifs is 1. The van der Waals surface area contributed by atoms with E-state index in [1.54, 1.807) is 0 Å². The Morgan fingerprint density at radius 3 is 3.00 bits per heavy atom. The molecule has 0 aliphatic carbocycles. The second kappa shape index (κ2) is 6.08. The minimum atomic E-state index is 0.341. The average Bonchev–Trinajstić information content (AvgIpc) is 3.08. The molecule has 2 unspecified atom stereocenters. The van der Waals surface area contributed by atoms with E-state index >= 15 is 0 Å². The van der Waals surface area contributed by atoms with Crippen molar-refractivity contribution in [2.24, 2.45) is 0 Å². The molecule has 2 aromatic rings. The fourth-order valence-corrected chi connectivity index (χ4v) is 5.58. The van der Waals surface area contributed by atoms with Gasteiger partial charge < -0.3 is 5.32 Å². The van der Waals surface area contributed by atoms with E-state index in [0.29, 0.717) is 10.8 Å². The van der Waals surface area contributed by atoms with Gasteiger partial charge in [0, 0.05) is 15.5 Å². The first kappa shape index (κ1) is 14.4. The van der Waals surface area contributed by atoms with Crippen LogP contribution in [0.25, 0.3) is 10.1 Å². The van der Waals surface area contributed by atoms with Crippen molar-refractivity contribution in [3.8, 4) is 0 Å². The van der Waals surface area contributed by atoms with Gasteiger partial charge in [-0.1, -0.05) is 25.1 Å². The molecule has 1 nitrogen and oxygen atoms in total. The molecule has 0 amide bonds. The van der Waals surface area contributed by atoms with Gasteiger partial charge in [0.15, 0.2) is 0 Å². The molecule has 0 spiro atoms. The Labute approximate surface area is 130 Å². The van der Waals surface area contributed by atoms with Crippen molar-refractivity contribution in [3.63, 3.8) is 0 Å². The van der Waals surface area contributed by atoms with Crippen LogP contribution in [0.4, 0.5) is 0 Å². The van der Waals surface area contributed by atoms with Crippen molar-refractivity contribution in [2.75, 3.05) is 12.3 Å². The topological polar surface area (TPSA) is 12.0 Å². The standard InChI is InChI=1S/C17H23NS2/c1-3-10-18-16(17(2)9-5-11-20-17)14-7-4-6-13-8-12-19-15(13)14/h4,6-8,12,16,18H,3,5,9-11H2,1-2H3. The van der Waals surface area contributed by atoms with Gasteiger partial charge in [0.25, 0.3) is 0 Å². The molecule has 1 fully saturated rings. The Kier molecular flexibility index (Phi) is 4.39. The highest BCUT2D eigenvalue weighted by Crippen LogP contribution is 2.48. The maximum absolute atomic E-state index is 3.84. The lowest BCUT2D eigenvalue weighted by molar-refractivity contribution is 0.415. The third-order valence-corrected chi connectivity index (χ3v) is 6.85. The van der Waals surface area contributed by atoms with Crippen LogP contribution >= 0.6 is 23.1 Å². The SMILES string of the molecule is CCCNC(c1cccc2ccsc12)C1(C)CCCS1. The summed E-state index contributed by atoms with van der Waals surface area (Å²) >= 11 is 4.04. The Morgan fingerprint density at radius 2 is 2.25 bits per heavy atom. The smallest absolute Gasteiger partial charge is 0.0480 e. The Hall–Kier alpha value is -0.510. The molecule has 0 saturated carbocycles. The first-order valence-electron chi connectivity index (χ1n) is 7.58. The van der Waals surface area contributed by atoms with Gasteiger partial charge in [0.1, 0.15) is 0 Å². The maximum atomic E-state index is 3.84. The third-order valence-electron chi connectivity index (χ3n) is 4.28. The summed E-state index contributed by atoms with van der Waals surface area (Å²) in [6, 6.07) is 9.49. The number of nitrogens with one attached hydrogen (secondary N) is 1. The molecule has 3 heteroatoms. The molecule has 2 atom stereocenters. The predicted molar refractivity (Wildman–Crippen MR) is 93.0 cm³/mol. The van der Waals surface area contributed by atoms with E-state index in [-0.39, 0.29) is 0 Å². The van der Waals surface area contributed by atoms with Crippen molar-refractivity contribution < 1.29 is 0 Å². The van der Waals surface area contributed by atoms with Crippen molar-refractivity contribution in [1.82, 2.24) is 5.32 Å². The number of thioether (sulfide) groups is 1. The van der Waals surface area contributed by atoms with Gasteiger partial charge >= 0.3 is 0 Å². The lowest BCUT2D eigenvalue weighted by Crippen LogP contribution is -2.38. The zero-order valence-corrected chi connectivity index (χ0v) is 13.9. The minimum Gasteiger partial charge on any atom is -0.309 e. The fraction of sp³-hybridized carbons (Fsp3) is 0.529. The zero-order chi connectivity index (χ0) is 14.0. The Bertz CT molecular complexity index is 569. The predicted octanol–water partition coefficient (Wildman–Crippen LogP) is 5.23. The van der Waals surface area contributed by atoms with Gasteiger partial charge in [-0.05, 0) is 60.9 Å². The zero-order valence-electron chi connectivity index (χ0n) is 12.3. The van der Waals surface area contributed by atoms with Gasteiger partial charge in [0.2, 0.25) is 0 Å². The van der Waals surface area contributed by atoms with Crippen LogP contribution in [-0.4, -0.2) is 17.0 Å². The summed E-state index contributed by atoms with van der Waals surface area (Å²) in [5, 5.41) is 7.44. The van der Waals surface area contributed by atoms with E-state index in [1.165, 1.54) is 40.7 Å². The Morgan fingerprint density at radius 1 is 1.35 bits per heavy atom. The van der Waals surface area contributed by atoms with Crippen molar-refractivity contribution in [1.29, 1.82) is 0 Å². The summed E-state index contributed by atoms with van der Waals surface area (Å²) in [7, 11) is 0. The first-order valence-corrected chi connectivity index (χ1v) is 9.44. The lowest BCUT2D eigenvalue weighted by Gasteiger charge is -2.35. The van der Waals surface area contributed by atoms with Gasteiger partial charge in [0.05, 0.1) is 0 Å². The molecule has 0 radical (unpaired) electrons. The van der Waals surface area contributed by atoms with Crippen LogP contribution < -0.4 is 5.32 Å². The normalized spacial score (nSPS) is 24.3. The van der Waals surface area contributed by atoms with E-state index in [2.05, 4.69) is 60.6 Å². The molecule has 1 aromatic carbocycles. The lowest BCUT2D eigenvalue weighted by atomic mass is 9.89. The summed E-state index contributed by atoms with van der Waals surface area (Å²) < 4.78 is 1.81. The Balaban J connectivity index is 2.02.